The highest BCUT2D eigenvalue weighted by Crippen LogP contribution is 2.21. The first-order valence-corrected chi connectivity index (χ1v) is 8.42. The number of nitrogens with one attached hydrogen (secondary N) is 2. The highest BCUT2D eigenvalue weighted by atomic mass is 19.1. The second kappa shape index (κ2) is 6.91. The quantitative estimate of drug-likeness (QED) is 0.522. The molecule has 0 aliphatic rings. The highest BCUT2D eigenvalue weighted by molar-refractivity contribution is 5.60. The van der Waals surface area contributed by atoms with Gasteiger partial charge in [0.15, 0.2) is 11.5 Å². The summed E-state index contributed by atoms with van der Waals surface area (Å²) >= 11 is 0. The molecule has 0 aliphatic carbocycles. The molecule has 2 N–H and O–H groups in total. The van der Waals surface area contributed by atoms with Gasteiger partial charge in [0.2, 0.25) is 0 Å². The summed E-state index contributed by atoms with van der Waals surface area (Å²) in [5.74, 6) is 0.729. The summed E-state index contributed by atoms with van der Waals surface area (Å²) in [4.78, 5) is 0. The molecule has 0 radical (unpaired) electrons. The number of fused-ring (bicyclic) bond motifs is 1. The third-order valence-electron chi connectivity index (χ3n) is 4.24. The van der Waals surface area contributed by atoms with E-state index < -0.39 is 0 Å². The van der Waals surface area contributed by atoms with Crippen LogP contribution in [0.25, 0.3) is 17.0 Å². The van der Waals surface area contributed by atoms with E-state index in [1.165, 1.54) is 11.6 Å². The molecular formula is C18H18FN7. The molecule has 3 heterocycles. The molecule has 1 aromatic carbocycles. The van der Waals surface area contributed by atoms with Gasteiger partial charge in [0.1, 0.15) is 11.6 Å². The molecule has 132 valence electrons. The summed E-state index contributed by atoms with van der Waals surface area (Å²) in [5.41, 5.74) is 3.27. The molecule has 4 aromatic rings. The summed E-state index contributed by atoms with van der Waals surface area (Å²) in [6.45, 7) is 2.78. The van der Waals surface area contributed by atoms with Crippen LogP contribution in [0.4, 0.5) is 10.2 Å². The van der Waals surface area contributed by atoms with E-state index in [0.29, 0.717) is 22.9 Å². The summed E-state index contributed by atoms with van der Waals surface area (Å²) in [5, 5.41) is 22.9. The largest absolute Gasteiger partial charge is 0.369 e. The molecule has 0 amide bonds. The van der Waals surface area contributed by atoms with Gasteiger partial charge < -0.3 is 5.32 Å². The molecule has 0 spiro atoms. The van der Waals surface area contributed by atoms with Gasteiger partial charge in [0.25, 0.3) is 0 Å². The number of halogens is 1. The molecule has 0 aliphatic heterocycles. The third kappa shape index (κ3) is 3.13. The molecule has 0 unspecified atom stereocenters. The van der Waals surface area contributed by atoms with E-state index in [2.05, 4.69) is 30.8 Å². The molecule has 0 fully saturated rings. The number of aromatic amines is 1. The van der Waals surface area contributed by atoms with Gasteiger partial charge in [-0.05, 0) is 49.6 Å². The van der Waals surface area contributed by atoms with Crippen LogP contribution in [0.15, 0.2) is 42.6 Å². The van der Waals surface area contributed by atoms with Crippen LogP contribution in [0.5, 0.6) is 0 Å². The fraction of sp³-hybridized carbons (Fsp3) is 0.222. The van der Waals surface area contributed by atoms with Crippen LogP contribution in [-0.4, -0.2) is 36.6 Å². The van der Waals surface area contributed by atoms with Crippen LogP contribution in [-0.2, 0) is 6.42 Å². The van der Waals surface area contributed by atoms with Crippen LogP contribution in [0.1, 0.15) is 17.7 Å². The second-order valence-electron chi connectivity index (χ2n) is 6.04. The molecule has 26 heavy (non-hydrogen) atoms. The number of H-pyrrole nitrogens is 1. The number of aromatic nitrogens is 6. The molecule has 8 heteroatoms. The summed E-state index contributed by atoms with van der Waals surface area (Å²) < 4.78 is 15.6. The van der Waals surface area contributed by atoms with Crippen molar-refractivity contribution in [3.8, 4) is 11.4 Å². The van der Waals surface area contributed by atoms with Crippen molar-refractivity contribution in [2.24, 2.45) is 0 Å². The van der Waals surface area contributed by atoms with Crippen LogP contribution < -0.4 is 5.32 Å². The predicted octanol–water partition coefficient (Wildman–Crippen LogP) is 3.01. The van der Waals surface area contributed by atoms with E-state index in [4.69, 9.17) is 0 Å². The molecule has 0 atom stereocenters. The van der Waals surface area contributed by atoms with Gasteiger partial charge in [0.05, 0.1) is 11.8 Å². The number of rotatable bonds is 6. The van der Waals surface area contributed by atoms with Crippen molar-refractivity contribution in [2.45, 2.75) is 19.8 Å². The number of nitrogens with zero attached hydrogens (tertiary/aromatic N) is 5. The standard InChI is InChI=1S/C18H18FN7/c1-12-13(11-21-22-12)5-4-10-20-16-8-9-17-23-24-18(26(17)25-16)14-6-2-3-7-15(14)19/h2-3,6-9,11H,4-5,10H2,1H3,(H,20,25)(H,21,22). The second-order valence-corrected chi connectivity index (χ2v) is 6.04. The van der Waals surface area contributed by atoms with Gasteiger partial charge in [-0.25, -0.2) is 4.39 Å². The topological polar surface area (TPSA) is 83.8 Å². The van der Waals surface area contributed by atoms with E-state index in [9.17, 15) is 4.39 Å². The summed E-state index contributed by atoms with van der Waals surface area (Å²) in [6, 6.07) is 10.1. The lowest BCUT2D eigenvalue weighted by molar-refractivity contribution is 0.629. The number of hydrogen-bond donors (Lipinski definition) is 2. The average Bonchev–Trinajstić information content (AvgIpc) is 3.25. The fourth-order valence-electron chi connectivity index (χ4n) is 2.82. The van der Waals surface area contributed by atoms with Gasteiger partial charge in [0, 0.05) is 12.2 Å². The zero-order valence-corrected chi connectivity index (χ0v) is 14.3. The van der Waals surface area contributed by atoms with Crippen molar-refractivity contribution in [2.75, 3.05) is 11.9 Å². The first kappa shape index (κ1) is 16.2. The summed E-state index contributed by atoms with van der Waals surface area (Å²) in [7, 11) is 0. The SMILES string of the molecule is Cc1[nH]ncc1CCCNc1ccc2nnc(-c3ccccc3F)n2n1. The molecule has 3 aromatic heterocycles. The monoisotopic (exact) mass is 351 g/mol. The van der Waals surface area contributed by atoms with Crippen LogP contribution in [0.3, 0.4) is 0 Å². The maximum atomic E-state index is 14.1. The highest BCUT2D eigenvalue weighted by Gasteiger charge is 2.13. The van der Waals surface area contributed by atoms with Gasteiger partial charge in [-0.1, -0.05) is 12.1 Å². The Kier molecular flexibility index (Phi) is 4.30. The van der Waals surface area contributed by atoms with Crippen LogP contribution >= 0.6 is 0 Å². The van der Waals surface area contributed by atoms with Crippen molar-refractivity contribution in [3.63, 3.8) is 0 Å². The van der Waals surface area contributed by atoms with E-state index in [-0.39, 0.29) is 5.82 Å². The Labute approximate surface area is 149 Å². The van der Waals surface area contributed by atoms with E-state index >= 15 is 0 Å². The normalized spacial score (nSPS) is 11.2. The molecule has 0 saturated heterocycles. The Bertz CT molecular complexity index is 1040. The van der Waals surface area contributed by atoms with E-state index in [1.54, 1.807) is 22.7 Å². The van der Waals surface area contributed by atoms with Crippen molar-refractivity contribution in [1.82, 2.24) is 30.0 Å². The number of aryl methyl sites for hydroxylation is 2. The first-order chi connectivity index (χ1) is 12.7. The fourth-order valence-corrected chi connectivity index (χ4v) is 2.82. The Morgan fingerprint density at radius 2 is 2.04 bits per heavy atom. The van der Waals surface area contributed by atoms with Gasteiger partial charge in [-0.15, -0.1) is 15.3 Å². The van der Waals surface area contributed by atoms with Crippen molar-refractivity contribution >= 4 is 11.5 Å². The zero-order chi connectivity index (χ0) is 17.9. The minimum atomic E-state index is -0.350. The molecule has 7 nitrogen and oxygen atoms in total. The molecular weight excluding hydrogens is 333 g/mol. The first-order valence-electron chi connectivity index (χ1n) is 8.42. The Morgan fingerprint density at radius 3 is 2.85 bits per heavy atom. The Hall–Kier alpha value is -3.29. The number of anilines is 1. The van der Waals surface area contributed by atoms with E-state index in [1.807, 2.05) is 25.3 Å². The molecule has 4 rings (SSSR count). The average molecular weight is 351 g/mol. The summed E-state index contributed by atoms with van der Waals surface area (Å²) in [6.07, 6.45) is 3.74. The number of benzene rings is 1. The van der Waals surface area contributed by atoms with E-state index in [0.717, 1.165) is 25.1 Å². The van der Waals surface area contributed by atoms with Crippen LogP contribution in [0, 0.1) is 12.7 Å². The zero-order valence-electron chi connectivity index (χ0n) is 14.3. The van der Waals surface area contributed by atoms with Crippen molar-refractivity contribution in [3.05, 3.63) is 59.7 Å². The van der Waals surface area contributed by atoms with Crippen LogP contribution in [0.2, 0.25) is 0 Å². The maximum absolute atomic E-state index is 14.1. The third-order valence-corrected chi connectivity index (χ3v) is 4.24. The lowest BCUT2D eigenvalue weighted by Gasteiger charge is -2.06. The lowest BCUT2D eigenvalue weighted by Crippen LogP contribution is -2.07. The van der Waals surface area contributed by atoms with Gasteiger partial charge in [-0.3, -0.25) is 5.10 Å². The van der Waals surface area contributed by atoms with Crippen molar-refractivity contribution < 1.29 is 4.39 Å². The predicted molar refractivity (Wildman–Crippen MR) is 96.3 cm³/mol. The number of hydrogen-bond acceptors (Lipinski definition) is 5. The minimum absolute atomic E-state index is 0.350. The van der Waals surface area contributed by atoms with Gasteiger partial charge >= 0.3 is 0 Å². The smallest absolute Gasteiger partial charge is 0.188 e. The Morgan fingerprint density at radius 1 is 1.15 bits per heavy atom. The minimum Gasteiger partial charge on any atom is -0.369 e. The molecule has 0 saturated carbocycles. The lowest BCUT2D eigenvalue weighted by atomic mass is 10.1. The molecule has 0 bridgehead atoms. The maximum Gasteiger partial charge on any atom is 0.188 e. The Balaban J connectivity index is 1.49. The van der Waals surface area contributed by atoms with Gasteiger partial charge in [-0.2, -0.15) is 9.61 Å². The van der Waals surface area contributed by atoms with Crippen molar-refractivity contribution in [1.29, 1.82) is 0 Å².